The minimum atomic E-state index is -0.615. The van der Waals surface area contributed by atoms with Crippen molar-refractivity contribution in [1.29, 1.82) is 0 Å². The molecule has 7 heteroatoms. The Bertz CT molecular complexity index is 897. The highest BCUT2D eigenvalue weighted by Gasteiger charge is 2.13. The Hall–Kier alpha value is -3.09. The number of hydrogen-bond acceptors (Lipinski definition) is 5. The molecule has 3 rings (SSSR count). The molecule has 0 amide bonds. The first-order valence-corrected chi connectivity index (χ1v) is 7.26. The first kappa shape index (κ1) is 15.8. The quantitative estimate of drug-likeness (QED) is 0.512. The van der Waals surface area contributed by atoms with Gasteiger partial charge in [0.05, 0.1) is 5.52 Å². The fraction of sp³-hybridized carbons (Fsp3) is 0.176. The van der Waals surface area contributed by atoms with Crippen molar-refractivity contribution < 1.29 is 23.1 Å². The lowest BCUT2D eigenvalue weighted by atomic mass is 10.3. The second kappa shape index (κ2) is 6.99. The maximum absolute atomic E-state index is 12.7. The van der Waals surface area contributed by atoms with E-state index in [-0.39, 0.29) is 25.6 Å². The maximum atomic E-state index is 12.7. The van der Waals surface area contributed by atoms with Crippen molar-refractivity contribution in [1.82, 2.24) is 4.57 Å². The van der Waals surface area contributed by atoms with Crippen molar-refractivity contribution in [2.45, 2.75) is 6.54 Å². The van der Waals surface area contributed by atoms with Gasteiger partial charge in [0.1, 0.15) is 31.3 Å². The fourth-order valence-corrected chi connectivity index (χ4v) is 2.18. The zero-order valence-electron chi connectivity index (χ0n) is 12.6. The molecule has 0 unspecified atom stereocenters. The van der Waals surface area contributed by atoms with Gasteiger partial charge in [-0.1, -0.05) is 12.1 Å². The van der Waals surface area contributed by atoms with Gasteiger partial charge in [-0.2, -0.15) is 0 Å². The Labute approximate surface area is 136 Å². The van der Waals surface area contributed by atoms with E-state index < -0.39 is 11.7 Å². The van der Waals surface area contributed by atoms with E-state index >= 15 is 0 Å². The third-order valence-electron chi connectivity index (χ3n) is 3.29. The number of carbonyl (C=O) groups excluding carboxylic acids is 1. The van der Waals surface area contributed by atoms with Gasteiger partial charge in [-0.05, 0) is 36.4 Å². The molecule has 124 valence electrons. The second-order valence-corrected chi connectivity index (χ2v) is 4.94. The molecule has 24 heavy (non-hydrogen) atoms. The summed E-state index contributed by atoms with van der Waals surface area (Å²) in [4.78, 5) is 23.6. The number of halogens is 1. The number of benzene rings is 2. The van der Waals surface area contributed by atoms with E-state index in [2.05, 4.69) is 0 Å². The Kier molecular flexibility index (Phi) is 4.60. The molecule has 1 heterocycles. The molecule has 0 spiro atoms. The number of rotatable bonds is 6. The molecule has 2 aromatic carbocycles. The summed E-state index contributed by atoms with van der Waals surface area (Å²) in [5, 5.41) is 0. The number of fused-ring (bicyclic) bond motifs is 1. The summed E-state index contributed by atoms with van der Waals surface area (Å²) in [5.74, 6) is -1.07. The van der Waals surface area contributed by atoms with Gasteiger partial charge in [0.15, 0.2) is 5.58 Å². The van der Waals surface area contributed by atoms with Crippen molar-refractivity contribution in [3.8, 4) is 5.75 Å². The Morgan fingerprint density at radius 1 is 1.08 bits per heavy atom. The van der Waals surface area contributed by atoms with Gasteiger partial charge < -0.3 is 13.9 Å². The molecule has 1 aromatic heterocycles. The Morgan fingerprint density at radius 3 is 2.62 bits per heavy atom. The summed E-state index contributed by atoms with van der Waals surface area (Å²) in [6, 6.07) is 12.3. The average Bonchev–Trinajstić information content (AvgIpc) is 2.89. The Morgan fingerprint density at radius 2 is 1.83 bits per heavy atom. The van der Waals surface area contributed by atoms with Crippen LogP contribution in [-0.2, 0) is 16.1 Å². The minimum Gasteiger partial charge on any atom is -0.490 e. The van der Waals surface area contributed by atoms with Crippen LogP contribution in [0.4, 0.5) is 4.39 Å². The number of nitrogens with zero attached hydrogens (tertiary/aromatic N) is 1. The van der Waals surface area contributed by atoms with Crippen molar-refractivity contribution >= 4 is 17.1 Å². The summed E-state index contributed by atoms with van der Waals surface area (Å²) in [5.41, 5.74) is 0.942. The molecule has 0 aliphatic rings. The van der Waals surface area contributed by atoms with E-state index in [1.807, 2.05) is 0 Å². The van der Waals surface area contributed by atoms with Crippen molar-refractivity contribution in [2.75, 3.05) is 13.2 Å². The molecule has 0 saturated carbocycles. The molecule has 0 fully saturated rings. The fourth-order valence-electron chi connectivity index (χ4n) is 2.18. The first-order valence-electron chi connectivity index (χ1n) is 7.26. The molecular weight excluding hydrogens is 317 g/mol. The first-order chi connectivity index (χ1) is 11.6. The number of ether oxygens (including phenoxy) is 2. The monoisotopic (exact) mass is 331 g/mol. The molecular formula is C17H14FNO5. The predicted molar refractivity (Wildman–Crippen MR) is 83.3 cm³/mol. The number of esters is 1. The topological polar surface area (TPSA) is 70.7 Å². The third kappa shape index (κ3) is 3.62. The summed E-state index contributed by atoms with van der Waals surface area (Å²) in [6.07, 6.45) is 0. The van der Waals surface area contributed by atoms with Crippen LogP contribution >= 0.6 is 0 Å². The Balaban J connectivity index is 1.51. The molecule has 0 aliphatic carbocycles. The van der Waals surface area contributed by atoms with Crippen LogP contribution in [0.3, 0.4) is 0 Å². The molecule has 6 nitrogen and oxygen atoms in total. The smallest absolute Gasteiger partial charge is 0.420 e. The average molecular weight is 331 g/mol. The van der Waals surface area contributed by atoms with E-state index in [1.165, 1.54) is 28.8 Å². The highest BCUT2D eigenvalue weighted by atomic mass is 19.1. The number of para-hydroxylation sites is 2. The highest BCUT2D eigenvalue weighted by Crippen LogP contribution is 2.12. The molecule has 0 bridgehead atoms. The SMILES string of the molecule is O=C(Cn1c(=O)oc2ccccc21)OCCOc1ccc(F)cc1. The van der Waals surface area contributed by atoms with Crippen LogP contribution < -0.4 is 10.5 Å². The summed E-state index contributed by atoms with van der Waals surface area (Å²) >= 11 is 0. The van der Waals surface area contributed by atoms with Crippen LogP contribution in [0.5, 0.6) is 5.75 Å². The minimum absolute atomic E-state index is 0.0146. The second-order valence-electron chi connectivity index (χ2n) is 4.94. The van der Waals surface area contributed by atoms with Crippen LogP contribution in [0.25, 0.3) is 11.1 Å². The van der Waals surface area contributed by atoms with Crippen molar-refractivity contribution in [2.24, 2.45) is 0 Å². The maximum Gasteiger partial charge on any atom is 0.420 e. The van der Waals surface area contributed by atoms with Gasteiger partial charge in [0.25, 0.3) is 0 Å². The molecule has 0 aliphatic heterocycles. The zero-order chi connectivity index (χ0) is 16.9. The predicted octanol–water partition coefficient (Wildman–Crippen LogP) is 2.36. The number of aromatic nitrogens is 1. The standard InChI is InChI=1S/C17H14FNO5/c18-12-5-7-13(8-6-12)22-9-10-23-16(20)11-19-14-3-1-2-4-15(14)24-17(19)21/h1-8H,9-11H2. The van der Waals surface area contributed by atoms with E-state index in [9.17, 15) is 14.0 Å². The van der Waals surface area contributed by atoms with E-state index in [4.69, 9.17) is 13.9 Å². The van der Waals surface area contributed by atoms with Gasteiger partial charge in [-0.25, -0.2) is 9.18 Å². The van der Waals surface area contributed by atoms with Crippen molar-refractivity contribution in [3.05, 3.63) is 64.9 Å². The van der Waals surface area contributed by atoms with Crippen LogP contribution in [0.2, 0.25) is 0 Å². The third-order valence-corrected chi connectivity index (χ3v) is 3.29. The lowest BCUT2D eigenvalue weighted by molar-refractivity contribution is -0.145. The molecule has 0 saturated heterocycles. The summed E-state index contributed by atoms with van der Waals surface area (Å²) < 4.78 is 29.3. The number of oxazole rings is 1. The normalized spacial score (nSPS) is 10.7. The van der Waals surface area contributed by atoms with Crippen LogP contribution in [0, 0.1) is 5.82 Å². The number of hydrogen-bond donors (Lipinski definition) is 0. The zero-order valence-corrected chi connectivity index (χ0v) is 12.6. The van der Waals surface area contributed by atoms with E-state index in [1.54, 1.807) is 24.3 Å². The lowest BCUT2D eigenvalue weighted by Crippen LogP contribution is -2.23. The number of carbonyl (C=O) groups is 1. The summed E-state index contributed by atoms with van der Waals surface area (Å²) in [7, 11) is 0. The van der Waals surface area contributed by atoms with E-state index in [0.29, 0.717) is 16.8 Å². The van der Waals surface area contributed by atoms with Crippen LogP contribution in [0.15, 0.2) is 57.7 Å². The largest absolute Gasteiger partial charge is 0.490 e. The van der Waals surface area contributed by atoms with Gasteiger partial charge >= 0.3 is 11.7 Å². The van der Waals surface area contributed by atoms with Gasteiger partial charge in [-0.15, -0.1) is 0 Å². The lowest BCUT2D eigenvalue weighted by Gasteiger charge is -2.07. The molecule has 0 radical (unpaired) electrons. The highest BCUT2D eigenvalue weighted by molar-refractivity contribution is 5.76. The van der Waals surface area contributed by atoms with Crippen LogP contribution in [0.1, 0.15) is 0 Å². The van der Waals surface area contributed by atoms with Gasteiger partial charge in [-0.3, -0.25) is 9.36 Å². The summed E-state index contributed by atoms with van der Waals surface area (Å²) in [6.45, 7) is -0.106. The molecule has 3 aromatic rings. The molecule has 0 atom stereocenters. The molecule has 0 N–H and O–H groups in total. The van der Waals surface area contributed by atoms with Gasteiger partial charge in [0.2, 0.25) is 0 Å². The van der Waals surface area contributed by atoms with Gasteiger partial charge in [0, 0.05) is 0 Å². The van der Waals surface area contributed by atoms with Crippen LogP contribution in [-0.4, -0.2) is 23.8 Å². The van der Waals surface area contributed by atoms with E-state index in [0.717, 1.165) is 0 Å². The van der Waals surface area contributed by atoms with Crippen molar-refractivity contribution in [3.63, 3.8) is 0 Å².